The van der Waals surface area contributed by atoms with E-state index in [0.29, 0.717) is 19.5 Å². The molecule has 2 atom stereocenters. The standard InChI is InChI=1S/C10H21N3O3S/c1-3-12-17(15,16)9-4-5-13(7-9)10(14)6-8(2)11/h8-9,12H,3-7,11H2,1-2H3. The highest BCUT2D eigenvalue weighted by Crippen LogP contribution is 2.17. The molecular formula is C10H21N3O3S. The summed E-state index contributed by atoms with van der Waals surface area (Å²) in [6.07, 6.45) is 0.772. The van der Waals surface area contributed by atoms with E-state index < -0.39 is 15.3 Å². The maximum atomic E-state index is 11.7. The average molecular weight is 263 g/mol. The van der Waals surface area contributed by atoms with Gasteiger partial charge in [0.25, 0.3) is 0 Å². The number of nitrogens with zero attached hydrogens (tertiary/aromatic N) is 1. The maximum Gasteiger partial charge on any atom is 0.224 e. The quantitative estimate of drug-likeness (QED) is 0.683. The van der Waals surface area contributed by atoms with Crippen molar-refractivity contribution in [2.75, 3.05) is 19.6 Å². The van der Waals surface area contributed by atoms with Crippen molar-refractivity contribution in [1.29, 1.82) is 0 Å². The van der Waals surface area contributed by atoms with Gasteiger partial charge in [0.05, 0.1) is 5.25 Å². The maximum absolute atomic E-state index is 11.7. The van der Waals surface area contributed by atoms with Crippen LogP contribution in [0.3, 0.4) is 0 Å². The third-order valence-electron chi connectivity index (χ3n) is 2.78. The molecule has 0 radical (unpaired) electrons. The van der Waals surface area contributed by atoms with Crippen molar-refractivity contribution in [3.05, 3.63) is 0 Å². The lowest BCUT2D eigenvalue weighted by Crippen LogP contribution is -2.38. The van der Waals surface area contributed by atoms with Crippen LogP contribution in [0.2, 0.25) is 0 Å². The molecule has 1 aliphatic heterocycles. The van der Waals surface area contributed by atoms with Gasteiger partial charge in [-0.05, 0) is 13.3 Å². The molecule has 1 heterocycles. The molecule has 0 bridgehead atoms. The summed E-state index contributed by atoms with van der Waals surface area (Å²) in [5.74, 6) is -0.0609. The van der Waals surface area contributed by atoms with E-state index in [1.807, 2.05) is 0 Å². The molecule has 17 heavy (non-hydrogen) atoms. The summed E-state index contributed by atoms with van der Waals surface area (Å²) in [6, 6.07) is -0.188. The van der Waals surface area contributed by atoms with E-state index in [1.54, 1.807) is 18.7 Å². The minimum Gasteiger partial charge on any atom is -0.341 e. The second-order valence-corrected chi connectivity index (χ2v) is 6.52. The fourth-order valence-electron chi connectivity index (χ4n) is 1.93. The van der Waals surface area contributed by atoms with Crippen LogP contribution in [0.1, 0.15) is 26.7 Å². The molecule has 1 aliphatic rings. The van der Waals surface area contributed by atoms with E-state index in [4.69, 9.17) is 5.73 Å². The van der Waals surface area contributed by atoms with Crippen LogP contribution in [0.15, 0.2) is 0 Å². The van der Waals surface area contributed by atoms with Crippen LogP contribution in [0.25, 0.3) is 0 Å². The van der Waals surface area contributed by atoms with Gasteiger partial charge < -0.3 is 10.6 Å². The summed E-state index contributed by atoms with van der Waals surface area (Å²) in [5.41, 5.74) is 5.55. The molecule has 0 aromatic carbocycles. The molecule has 0 spiro atoms. The third-order valence-corrected chi connectivity index (χ3v) is 4.73. The summed E-state index contributed by atoms with van der Waals surface area (Å²) in [4.78, 5) is 13.3. The molecule has 3 N–H and O–H groups in total. The Kier molecular flexibility index (Phi) is 4.91. The Morgan fingerprint density at radius 3 is 2.76 bits per heavy atom. The number of nitrogens with two attached hydrogens (primary N) is 1. The van der Waals surface area contributed by atoms with Gasteiger partial charge in [0, 0.05) is 32.1 Å². The average Bonchev–Trinajstić information content (AvgIpc) is 2.65. The number of rotatable bonds is 5. The Balaban J connectivity index is 2.56. The Hall–Kier alpha value is -0.660. The van der Waals surface area contributed by atoms with E-state index in [2.05, 4.69) is 4.72 Å². The Bertz CT molecular complexity index is 367. The van der Waals surface area contributed by atoms with E-state index >= 15 is 0 Å². The van der Waals surface area contributed by atoms with E-state index in [9.17, 15) is 13.2 Å². The first-order valence-corrected chi connectivity index (χ1v) is 7.43. The zero-order chi connectivity index (χ0) is 13.1. The predicted octanol–water partition coefficient (Wildman–Crippen LogP) is -0.736. The largest absolute Gasteiger partial charge is 0.341 e. The fraction of sp³-hybridized carbons (Fsp3) is 0.900. The van der Waals surface area contributed by atoms with Gasteiger partial charge in [-0.15, -0.1) is 0 Å². The SMILES string of the molecule is CCNS(=O)(=O)C1CCN(C(=O)CC(C)N)C1. The normalized spacial score (nSPS) is 22.8. The van der Waals surface area contributed by atoms with Crippen molar-refractivity contribution in [1.82, 2.24) is 9.62 Å². The zero-order valence-electron chi connectivity index (χ0n) is 10.3. The number of hydrogen-bond donors (Lipinski definition) is 2. The lowest BCUT2D eigenvalue weighted by atomic mass is 10.2. The van der Waals surface area contributed by atoms with Crippen LogP contribution in [0, 0.1) is 0 Å². The first-order chi connectivity index (χ1) is 7.86. The van der Waals surface area contributed by atoms with Crippen molar-refractivity contribution in [2.45, 2.75) is 38.0 Å². The van der Waals surface area contributed by atoms with E-state index in [0.717, 1.165) is 0 Å². The molecule has 100 valence electrons. The zero-order valence-corrected chi connectivity index (χ0v) is 11.2. The lowest BCUT2D eigenvalue weighted by Gasteiger charge is -2.17. The molecule has 1 amide bonds. The number of sulfonamides is 1. The summed E-state index contributed by atoms with van der Waals surface area (Å²) in [7, 11) is -3.28. The topological polar surface area (TPSA) is 92.5 Å². The smallest absolute Gasteiger partial charge is 0.224 e. The molecule has 6 nitrogen and oxygen atoms in total. The highest BCUT2D eigenvalue weighted by atomic mass is 32.2. The highest BCUT2D eigenvalue weighted by Gasteiger charge is 2.34. The van der Waals surface area contributed by atoms with Crippen molar-refractivity contribution < 1.29 is 13.2 Å². The molecule has 1 saturated heterocycles. The molecule has 2 unspecified atom stereocenters. The van der Waals surface area contributed by atoms with Crippen LogP contribution < -0.4 is 10.5 Å². The predicted molar refractivity (Wildman–Crippen MR) is 65.8 cm³/mol. The number of likely N-dealkylation sites (tertiary alicyclic amines) is 1. The number of hydrogen-bond acceptors (Lipinski definition) is 4. The van der Waals surface area contributed by atoms with E-state index in [1.165, 1.54) is 0 Å². The van der Waals surface area contributed by atoms with Crippen molar-refractivity contribution in [3.63, 3.8) is 0 Å². The summed E-state index contributed by atoms with van der Waals surface area (Å²) in [6.45, 7) is 4.67. The molecular weight excluding hydrogens is 242 g/mol. The number of amides is 1. The number of carbonyl (C=O) groups is 1. The van der Waals surface area contributed by atoms with Gasteiger partial charge in [-0.25, -0.2) is 13.1 Å². The third kappa shape index (κ3) is 3.93. The minimum absolute atomic E-state index is 0.0609. The van der Waals surface area contributed by atoms with Crippen molar-refractivity contribution >= 4 is 15.9 Å². The fourth-order valence-corrected chi connectivity index (χ4v) is 3.36. The molecule has 1 fully saturated rings. The van der Waals surface area contributed by atoms with Gasteiger partial charge in [0.1, 0.15) is 0 Å². The van der Waals surface area contributed by atoms with Crippen molar-refractivity contribution in [2.24, 2.45) is 5.73 Å². The molecule has 0 aromatic rings. The molecule has 0 saturated carbocycles. The van der Waals surface area contributed by atoms with Gasteiger partial charge in [-0.3, -0.25) is 4.79 Å². The van der Waals surface area contributed by atoms with Crippen LogP contribution in [0.4, 0.5) is 0 Å². The summed E-state index contributed by atoms with van der Waals surface area (Å²) >= 11 is 0. The van der Waals surface area contributed by atoms with E-state index in [-0.39, 0.29) is 24.9 Å². The van der Waals surface area contributed by atoms with Crippen LogP contribution in [0.5, 0.6) is 0 Å². The van der Waals surface area contributed by atoms with Crippen LogP contribution in [-0.4, -0.2) is 50.2 Å². The first-order valence-electron chi connectivity index (χ1n) is 5.88. The summed E-state index contributed by atoms with van der Waals surface area (Å²) < 4.78 is 26.0. The summed E-state index contributed by atoms with van der Waals surface area (Å²) in [5, 5.41) is -0.487. The Morgan fingerprint density at radius 2 is 2.24 bits per heavy atom. The Labute approximate surface area is 103 Å². The first kappa shape index (κ1) is 14.4. The second kappa shape index (κ2) is 5.79. The highest BCUT2D eigenvalue weighted by molar-refractivity contribution is 7.90. The van der Waals surface area contributed by atoms with Crippen molar-refractivity contribution in [3.8, 4) is 0 Å². The van der Waals surface area contributed by atoms with Gasteiger partial charge >= 0.3 is 0 Å². The second-order valence-electron chi connectivity index (χ2n) is 4.47. The number of carbonyl (C=O) groups excluding carboxylic acids is 1. The van der Waals surface area contributed by atoms with Crippen LogP contribution in [-0.2, 0) is 14.8 Å². The van der Waals surface area contributed by atoms with Gasteiger partial charge in [-0.2, -0.15) is 0 Å². The van der Waals surface area contributed by atoms with Gasteiger partial charge in [0.2, 0.25) is 15.9 Å². The lowest BCUT2D eigenvalue weighted by molar-refractivity contribution is -0.130. The minimum atomic E-state index is -3.28. The molecule has 0 aliphatic carbocycles. The number of nitrogens with one attached hydrogen (secondary N) is 1. The Morgan fingerprint density at radius 1 is 1.59 bits per heavy atom. The molecule has 1 rings (SSSR count). The van der Waals surface area contributed by atoms with Gasteiger partial charge in [0.15, 0.2) is 0 Å². The monoisotopic (exact) mass is 263 g/mol. The molecule has 7 heteroatoms. The molecule has 0 aromatic heterocycles. The van der Waals surface area contributed by atoms with Gasteiger partial charge in [-0.1, -0.05) is 6.92 Å². The van der Waals surface area contributed by atoms with Crippen LogP contribution >= 0.6 is 0 Å².